The third kappa shape index (κ3) is 2.82. The van der Waals surface area contributed by atoms with E-state index in [0.717, 1.165) is 16.7 Å². The number of nitrogens with zero attached hydrogens (tertiary/aromatic N) is 8. The zero-order chi connectivity index (χ0) is 15.5. The van der Waals surface area contributed by atoms with E-state index in [1.54, 1.807) is 4.80 Å². The Labute approximate surface area is 131 Å². The Kier molecular flexibility index (Phi) is 3.32. The van der Waals surface area contributed by atoms with E-state index in [2.05, 4.69) is 36.0 Å². The lowest BCUT2D eigenvalue weighted by Gasteiger charge is -2.04. The Balaban J connectivity index is 1.57. The summed E-state index contributed by atoms with van der Waals surface area (Å²) in [6.07, 6.45) is 0. The van der Waals surface area contributed by atoms with Crippen LogP contribution in [-0.2, 0) is 6.54 Å². The summed E-state index contributed by atoms with van der Waals surface area (Å²) in [4.78, 5) is 1.56. The van der Waals surface area contributed by atoms with E-state index in [4.69, 9.17) is 0 Å². The topological polar surface area (TPSA) is 96.4 Å². The maximum Gasteiger partial charge on any atom is 0.204 e. The van der Waals surface area contributed by atoms with Gasteiger partial charge in [-0.05, 0) is 22.4 Å². The molecule has 2 heterocycles. The normalized spacial score (nSPS) is 10.8. The molecule has 2 aromatic heterocycles. The first-order chi connectivity index (χ1) is 11.4. The van der Waals surface area contributed by atoms with Crippen molar-refractivity contribution in [3.63, 3.8) is 0 Å². The van der Waals surface area contributed by atoms with Gasteiger partial charge in [0.2, 0.25) is 5.82 Å². The van der Waals surface area contributed by atoms with Gasteiger partial charge in [-0.3, -0.25) is 10.3 Å². The van der Waals surface area contributed by atoms with Crippen LogP contribution in [0.2, 0.25) is 0 Å². The third-order valence-corrected chi connectivity index (χ3v) is 3.31. The summed E-state index contributed by atoms with van der Waals surface area (Å²) in [5.74, 6) is 1.11. The second kappa shape index (κ2) is 5.76. The molecule has 0 saturated carbocycles. The summed E-state index contributed by atoms with van der Waals surface area (Å²) in [6, 6.07) is 17.5. The molecule has 0 saturated heterocycles. The van der Waals surface area contributed by atoms with Gasteiger partial charge in [0.05, 0.1) is 6.54 Å². The first-order valence-electron chi connectivity index (χ1n) is 7.00. The summed E-state index contributed by atoms with van der Waals surface area (Å²) in [5.41, 5.74) is 2.81. The standard InChI is InChI=1S/C15H11N8/c1-2-6-12(7-3-1)15-18-22-23(19-15)10-11-5-4-8-13(9-11)14-16-20-21-17-14/h1-9H,10H2/q-1. The molecule has 8 nitrogen and oxygen atoms in total. The molecule has 0 amide bonds. The average molecular weight is 303 g/mol. The Morgan fingerprint density at radius 2 is 1.78 bits per heavy atom. The van der Waals surface area contributed by atoms with Crippen molar-refractivity contribution in [1.29, 1.82) is 0 Å². The third-order valence-electron chi connectivity index (χ3n) is 3.31. The van der Waals surface area contributed by atoms with E-state index in [-0.39, 0.29) is 0 Å². The van der Waals surface area contributed by atoms with Gasteiger partial charge in [-0.2, -0.15) is 10.0 Å². The number of rotatable bonds is 4. The van der Waals surface area contributed by atoms with E-state index >= 15 is 0 Å². The van der Waals surface area contributed by atoms with Crippen LogP contribution in [0.15, 0.2) is 54.6 Å². The highest BCUT2D eigenvalue weighted by Crippen LogP contribution is 2.16. The van der Waals surface area contributed by atoms with Gasteiger partial charge in [-0.25, -0.2) is 0 Å². The lowest BCUT2D eigenvalue weighted by Crippen LogP contribution is -2.04. The quantitative estimate of drug-likeness (QED) is 0.558. The Morgan fingerprint density at radius 3 is 2.61 bits per heavy atom. The average Bonchev–Trinajstić information content (AvgIpc) is 3.28. The fraction of sp³-hybridized carbons (Fsp3) is 0.0667. The maximum absolute atomic E-state index is 4.41. The summed E-state index contributed by atoms with van der Waals surface area (Å²) in [7, 11) is 0. The highest BCUT2D eigenvalue weighted by atomic mass is 15.6. The van der Waals surface area contributed by atoms with E-state index in [0.29, 0.717) is 18.2 Å². The minimum Gasteiger partial charge on any atom is -0.330 e. The SMILES string of the molecule is c1ccc(-c2nnn(Cc3cccc(-c4nnn[n-]4)c3)n2)cc1. The lowest BCUT2D eigenvalue weighted by atomic mass is 10.1. The minimum atomic E-state index is 0.503. The largest absolute Gasteiger partial charge is 0.330 e. The van der Waals surface area contributed by atoms with Gasteiger partial charge in [-0.15, -0.1) is 10.2 Å². The summed E-state index contributed by atoms with van der Waals surface area (Å²) in [5, 5.41) is 27.3. The monoisotopic (exact) mass is 303 g/mol. The molecule has 0 spiro atoms. The second-order valence-corrected chi connectivity index (χ2v) is 4.91. The molecule has 0 N–H and O–H groups in total. The highest BCUT2D eigenvalue weighted by molar-refractivity contribution is 5.55. The van der Waals surface area contributed by atoms with E-state index in [9.17, 15) is 0 Å². The molecule has 2 aromatic carbocycles. The zero-order valence-corrected chi connectivity index (χ0v) is 12.0. The molecule has 23 heavy (non-hydrogen) atoms. The van der Waals surface area contributed by atoms with Crippen molar-refractivity contribution in [2.75, 3.05) is 0 Å². The maximum atomic E-state index is 4.41. The molecule has 0 bridgehead atoms. The van der Waals surface area contributed by atoms with Crippen molar-refractivity contribution < 1.29 is 0 Å². The molecule has 0 radical (unpaired) electrons. The van der Waals surface area contributed by atoms with Gasteiger partial charge in [0.1, 0.15) is 0 Å². The molecule has 0 fully saturated rings. The summed E-state index contributed by atoms with van der Waals surface area (Å²) >= 11 is 0. The first-order valence-corrected chi connectivity index (χ1v) is 7.00. The van der Waals surface area contributed by atoms with Crippen LogP contribution in [0, 0.1) is 0 Å². The van der Waals surface area contributed by atoms with Crippen molar-refractivity contribution in [2.24, 2.45) is 0 Å². The number of hydrogen-bond acceptors (Lipinski definition) is 6. The molecule has 0 atom stereocenters. The van der Waals surface area contributed by atoms with Gasteiger partial charge in [-0.1, -0.05) is 48.5 Å². The van der Waals surface area contributed by atoms with Gasteiger partial charge < -0.3 is 5.10 Å². The molecule has 8 heteroatoms. The number of aromatic nitrogens is 8. The van der Waals surface area contributed by atoms with E-state index in [1.807, 2.05) is 54.6 Å². The van der Waals surface area contributed by atoms with Crippen molar-refractivity contribution in [1.82, 2.24) is 40.8 Å². The smallest absolute Gasteiger partial charge is 0.204 e. The molecular formula is C15H11N8-. The van der Waals surface area contributed by atoms with Crippen molar-refractivity contribution in [3.05, 3.63) is 60.2 Å². The van der Waals surface area contributed by atoms with Gasteiger partial charge in [0, 0.05) is 11.4 Å². The lowest BCUT2D eigenvalue weighted by molar-refractivity contribution is 0.573. The van der Waals surface area contributed by atoms with Crippen LogP contribution in [0.4, 0.5) is 0 Å². The minimum absolute atomic E-state index is 0.503. The van der Waals surface area contributed by atoms with Crippen LogP contribution in [0.1, 0.15) is 5.56 Å². The molecule has 0 aliphatic carbocycles. The molecular weight excluding hydrogens is 292 g/mol. The number of benzene rings is 2. The number of hydrogen-bond donors (Lipinski definition) is 0. The number of tetrazole rings is 2. The molecule has 4 rings (SSSR count). The first kappa shape index (κ1) is 13.3. The summed E-state index contributed by atoms with van der Waals surface area (Å²) in [6.45, 7) is 0.509. The van der Waals surface area contributed by atoms with Crippen LogP contribution in [0.3, 0.4) is 0 Å². The zero-order valence-electron chi connectivity index (χ0n) is 12.0. The van der Waals surface area contributed by atoms with Crippen LogP contribution in [-0.4, -0.2) is 35.7 Å². The van der Waals surface area contributed by atoms with Crippen molar-refractivity contribution >= 4 is 0 Å². The molecule has 112 valence electrons. The predicted molar refractivity (Wildman–Crippen MR) is 80.9 cm³/mol. The fourth-order valence-corrected chi connectivity index (χ4v) is 2.25. The van der Waals surface area contributed by atoms with Gasteiger partial charge >= 0.3 is 0 Å². The van der Waals surface area contributed by atoms with Crippen molar-refractivity contribution in [3.8, 4) is 22.8 Å². The highest BCUT2D eigenvalue weighted by Gasteiger charge is 2.06. The van der Waals surface area contributed by atoms with E-state index in [1.165, 1.54) is 0 Å². The van der Waals surface area contributed by atoms with Crippen molar-refractivity contribution in [2.45, 2.75) is 6.54 Å². The van der Waals surface area contributed by atoms with Gasteiger partial charge in [0.25, 0.3) is 0 Å². The van der Waals surface area contributed by atoms with Crippen LogP contribution in [0.5, 0.6) is 0 Å². The molecule has 0 aliphatic rings. The Morgan fingerprint density at radius 1 is 0.913 bits per heavy atom. The Hall–Kier alpha value is -3.42. The predicted octanol–water partition coefficient (Wildman–Crippen LogP) is 1.20. The fourth-order valence-electron chi connectivity index (χ4n) is 2.25. The van der Waals surface area contributed by atoms with Crippen LogP contribution in [0.25, 0.3) is 22.8 Å². The second-order valence-electron chi connectivity index (χ2n) is 4.91. The van der Waals surface area contributed by atoms with E-state index < -0.39 is 0 Å². The molecule has 0 aliphatic heterocycles. The summed E-state index contributed by atoms with van der Waals surface area (Å²) < 4.78 is 0. The van der Waals surface area contributed by atoms with Gasteiger partial charge in [0.15, 0.2) is 0 Å². The molecule has 4 aromatic rings. The Bertz CT molecular complexity index is 898. The van der Waals surface area contributed by atoms with Crippen LogP contribution < -0.4 is 5.10 Å². The van der Waals surface area contributed by atoms with Crippen LogP contribution >= 0.6 is 0 Å². The molecule has 0 unspecified atom stereocenters.